The highest BCUT2D eigenvalue weighted by Gasteiger charge is 2.51. The zero-order chi connectivity index (χ0) is 15.3. The van der Waals surface area contributed by atoms with Crippen LogP contribution in [0.5, 0.6) is 5.75 Å². The first-order chi connectivity index (χ1) is 10.6. The minimum Gasteiger partial charge on any atom is -0.497 e. The van der Waals surface area contributed by atoms with E-state index >= 15 is 0 Å². The van der Waals surface area contributed by atoms with Gasteiger partial charge in [0.1, 0.15) is 11.5 Å². The van der Waals surface area contributed by atoms with E-state index in [0.29, 0.717) is 30.0 Å². The highest BCUT2D eigenvalue weighted by Crippen LogP contribution is 2.57. The number of benzene rings is 1. The first kappa shape index (κ1) is 14.0. The first-order valence-corrected chi connectivity index (χ1v) is 8.50. The van der Waals surface area contributed by atoms with Crippen LogP contribution < -0.4 is 4.74 Å². The van der Waals surface area contributed by atoms with Gasteiger partial charge in [-0.15, -0.1) is 0 Å². The molecule has 0 N–H and O–H groups in total. The van der Waals surface area contributed by atoms with Gasteiger partial charge in [-0.05, 0) is 66.7 Å². The molecule has 1 fully saturated rings. The van der Waals surface area contributed by atoms with Gasteiger partial charge in [0.05, 0.1) is 7.11 Å². The highest BCUT2D eigenvalue weighted by atomic mass is 16.5. The molecule has 4 unspecified atom stereocenters. The number of carbonyl (C=O) groups is 1. The van der Waals surface area contributed by atoms with Crippen molar-refractivity contribution in [3.05, 3.63) is 41.5 Å². The molecule has 0 radical (unpaired) electrons. The summed E-state index contributed by atoms with van der Waals surface area (Å²) in [6.45, 7) is 2.21. The van der Waals surface area contributed by atoms with Crippen LogP contribution in [0.1, 0.15) is 49.7 Å². The first-order valence-electron chi connectivity index (χ1n) is 8.50. The molecule has 2 nitrogen and oxygen atoms in total. The summed E-state index contributed by atoms with van der Waals surface area (Å²) in [5, 5.41) is 0. The molecule has 1 saturated carbocycles. The van der Waals surface area contributed by atoms with Gasteiger partial charge in [0.25, 0.3) is 0 Å². The molecular formula is C20H24O2. The molecule has 0 aromatic heterocycles. The number of ether oxygens (including phenoxy) is 1. The molecule has 0 saturated heterocycles. The van der Waals surface area contributed by atoms with Crippen LogP contribution >= 0.6 is 0 Å². The Morgan fingerprint density at radius 3 is 2.95 bits per heavy atom. The molecule has 1 aromatic carbocycles. The highest BCUT2D eigenvalue weighted by molar-refractivity contribution is 5.87. The maximum Gasteiger partial charge on any atom is 0.143 e. The number of fused-ring (bicyclic) bond motifs is 5. The molecule has 0 spiro atoms. The largest absolute Gasteiger partial charge is 0.497 e. The number of hydrogen-bond donors (Lipinski definition) is 0. The normalized spacial score (nSPS) is 36.3. The van der Waals surface area contributed by atoms with E-state index in [-0.39, 0.29) is 5.41 Å². The van der Waals surface area contributed by atoms with Crippen LogP contribution in [0.3, 0.4) is 0 Å². The van der Waals surface area contributed by atoms with Gasteiger partial charge in [-0.1, -0.05) is 25.1 Å². The van der Waals surface area contributed by atoms with Crippen LogP contribution in [0.4, 0.5) is 0 Å². The van der Waals surface area contributed by atoms with E-state index in [2.05, 4.69) is 37.3 Å². The van der Waals surface area contributed by atoms with Crippen molar-refractivity contribution in [3.8, 4) is 5.75 Å². The number of allylic oxidation sites excluding steroid dienone is 2. The van der Waals surface area contributed by atoms with Crippen molar-refractivity contribution in [3.63, 3.8) is 0 Å². The molecule has 3 aliphatic carbocycles. The third-order valence-corrected chi connectivity index (χ3v) is 6.47. The fourth-order valence-corrected chi connectivity index (χ4v) is 5.17. The molecule has 0 aliphatic heterocycles. The van der Waals surface area contributed by atoms with Crippen molar-refractivity contribution in [1.29, 1.82) is 0 Å². The summed E-state index contributed by atoms with van der Waals surface area (Å²) in [5.74, 6) is 3.09. The summed E-state index contributed by atoms with van der Waals surface area (Å²) in [6.07, 6.45) is 9.60. The van der Waals surface area contributed by atoms with Crippen LogP contribution in [0.15, 0.2) is 30.4 Å². The topological polar surface area (TPSA) is 26.3 Å². The van der Waals surface area contributed by atoms with Crippen molar-refractivity contribution in [2.24, 2.45) is 17.3 Å². The van der Waals surface area contributed by atoms with Gasteiger partial charge >= 0.3 is 0 Å². The number of aryl methyl sites for hydroxylation is 1. The SMILES string of the molecule is COc1ccc2c(c1)CCC1C2CCC2(C)C(=O)CC=CC12. The smallest absolute Gasteiger partial charge is 0.143 e. The van der Waals surface area contributed by atoms with Gasteiger partial charge in [-0.25, -0.2) is 0 Å². The number of Topliss-reactive ketones (excluding diaryl/α,β-unsaturated/α-hetero) is 1. The van der Waals surface area contributed by atoms with Gasteiger partial charge < -0.3 is 4.74 Å². The summed E-state index contributed by atoms with van der Waals surface area (Å²) in [7, 11) is 1.73. The fourth-order valence-electron chi connectivity index (χ4n) is 5.17. The zero-order valence-electron chi connectivity index (χ0n) is 13.5. The van der Waals surface area contributed by atoms with Crippen LogP contribution in [0, 0.1) is 17.3 Å². The van der Waals surface area contributed by atoms with Crippen molar-refractivity contribution < 1.29 is 9.53 Å². The molecule has 4 rings (SSSR count). The summed E-state index contributed by atoms with van der Waals surface area (Å²) in [4.78, 5) is 12.5. The summed E-state index contributed by atoms with van der Waals surface area (Å²) in [5.41, 5.74) is 2.85. The van der Waals surface area contributed by atoms with Crippen LogP contribution in [-0.4, -0.2) is 12.9 Å². The van der Waals surface area contributed by atoms with Gasteiger partial charge in [0.15, 0.2) is 0 Å². The molecule has 116 valence electrons. The lowest BCUT2D eigenvalue weighted by atomic mass is 9.52. The minimum atomic E-state index is -0.111. The Bertz CT molecular complexity index is 645. The molecule has 1 aromatic rings. The maximum atomic E-state index is 12.5. The lowest BCUT2D eigenvalue weighted by Gasteiger charge is -2.51. The predicted octanol–water partition coefficient (Wildman–Crippen LogP) is 4.29. The van der Waals surface area contributed by atoms with Crippen molar-refractivity contribution >= 4 is 5.78 Å². The van der Waals surface area contributed by atoms with E-state index < -0.39 is 0 Å². The summed E-state index contributed by atoms with van der Waals surface area (Å²) < 4.78 is 5.38. The molecule has 22 heavy (non-hydrogen) atoms. The van der Waals surface area contributed by atoms with E-state index in [1.54, 1.807) is 7.11 Å². The van der Waals surface area contributed by atoms with Gasteiger partial charge in [0, 0.05) is 11.8 Å². The van der Waals surface area contributed by atoms with Crippen LogP contribution in [-0.2, 0) is 11.2 Å². The number of hydrogen-bond acceptors (Lipinski definition) is 2. The number of carbonyl (C=O) groups excluding carboxylic acids is 1. The predicted molar refractivity (Wildman–Crippen MR) is 87.1 cm³/mol. The lowest BCUT2D eigenvalue weighted by molar-refractivity contribution is -0.134. The second kappa shape index (κ2) is 4.97. The third kappa shape index (κ3) is 1.89. The van der Waals surface area contributed by atoms with E-state index in [0.717, 1.165) is 25.0 Å². The Balaban J connectivity index is 1.72. The Morgan fingerprint density at radius 1 is 1.27 bits per heavy atom. The minimum absolute atomic E-state index is 0.111. The van der Waals surface area contributed by atoms with Crippen molar-refractivity contribution in [2.45, 2.75) is 44.9 Å². The van der Waals surface area contributed by atoms with Crippen molar-refractivity contribution in [2.75, 3.05) is 7.11 Å². The number of methoxy groups -OCH3 is 1. The van der Waals surface area contributed by atoms with Gasteiger partial charge in [-0.3, -0.25) is 4.79 Å². The number of ketones is 1. The fraction of sp³-hybridized carbons (Fsp3) is 0.550. The third-order valence-electron chi connectivity index (χ3n) is 6.47. The molecule has 0 amide bonds. The second-order valence-corrected chi connectivity index (χ2v) is 7.41. The number of rotatable bonds is 1. The van der Waals surface area contributed by atoms with Crippen LogP contribution in [0.2, 0.25) is 0 Å². The van der Waals surface area contributed by atoms with Gasteiger partial charge in [0.2, 0.25) is 0 Å². The Morgan fingerprint density at radius 2 is 2.14 bits per heavy atom. The van der Waals surface area contributed by atoms with Crippen LogP contribution in [0.25, 0.3) is 0 Å². The van der Waals surface area contributed by atoms with Gasteiger partial charge in [-0.2, -0.15) is 0 Å². The van der Waals surface area contributed by atoms with E-state index in [1.807, 2.05) is 0 Å². The van der Waals surface area contributed by atoms with E-state index in [1.165, 1.54) is 17.5 Å². The molecule has 2 heteroatoms. The summed E-state index contributed by atoms with van der Waals surface area (Å²) >= 11 is 0. The average Bonchev–Trinajstić information content (AvgIpc) is 2.55. The second-order valence-electron chi connectivity index (χ2n) is 7.41. The molecule has 4 atom stereocenters. The average molecular weight is 296 g/mol. The zero-order valence-corrected chi connectivity index (χ0v) is 13.5. The Labute approximate surface area is 132 Å². The monoisotopic (exact) mass is 296 g/mol. The molecular weight excluding hydrogens is 272 g/mol. The lowest BCUT2D eigenvalue weighted by Crippen LogP contribution is -2.47. The Hall–Kier alpha value is -1.57. The molecule has 0 heterocycles. The molecule has 0 bridgehead atoms. The quantitative estimate of drug-likeness (QED) is 0.723. The maximum absolute atomic E-state index is 12.5. The molecule has 3 aliphatic rings. The van der Waals surface area contributed by atoms with E-state index in [4.69, 9.17) is 4.74 Å². The Kier molecular flexibility index (Phi) is 3.18. The van der Waals surface area contributed by atoms with E-state index in [9.17, 15) is 4.79 Å². The van der Waals surface area contributed by atoms with Crippen molar-refractivity contribution in [1.82, 2.24) is 0 Å². The summed E-state index contributed by atoms with van der Waals surface area (Å²) in [6, 6.07) is 6.57. The standard InChI is InChI=1S/C20H24O2/c1-20-11-10-16-15-9-7-14(22-2)12-13(15)6-8-17(16)18(20)4-3-5-19(20)21/h3-4,7,9,12,16-18H,5-6,8,10-11H2,1-2H3.